The minimum absolute atomic E-state index is 0.266. The molecule has 0 N–H and O–H groups in total. The van der Waals surface area contributed by atoms with Gasteiger partial charge in [-0.1, -0.05) is 41.7 Å². The largest absolute Gasteiger partial charge is 0.319 e. The Balaban J connectivity index is 1.97. The van der Waals surface area contributed by atoms with Crippen LogP contribution in [0, 0.1) is 0 Å². The fourth-order valence-corrected chi connectivity index (χ4v) is 6.08. The minimum Gasteiger partial charge on any atom is -0.319 e. The molecule has 0 amide bonds. The van der Waals surface area contributed by atoms with Gasteiger partial charge in [-0.2, -0.15) is 4.31 Å². The number of aryl methyl sites for hydroxylation is 1. The number of thioether (sulfide) groups is 1. The van der Waals surface area contributed by atoms with Crippen molar-refractivity contribution in [3.05, 3.63) is 28.2 Å². The molecule has 2 aromatic heterocycles. The summed E-state index contributed by atoms with van der Waals surface area (Å²) in [7, 11) is -3.51. The van der Waals surface area contributed by atoms with Crippen LogP contribution in [0.15, 0.2) is 28.3 Å². The maximum atomic E-state index is 12.8. The number of benzene rings is 1. The molecular formula is C16H20ClN5O2S3. The van der Waals surface area contributed by atoms with E-state index in [0.29, 0.717) is 28.7 Å². The van der Waals surface area contributed by atoms with Crippen LogP contribution in [0.25, 0.3) is 11.0 Å². The summed E-state index contributed by atoms with van der Waals surface area (Å²) in [5.41, 5.74) is 2.29. The van der Waals surface area contributed by atoms with Gasteiger partial charge in [-0.15, -0.1) is 5.10 Å². The van der Waals surface area contributed by atoms with E-state index >= 15 is 0 Å². The van der Waals surface area contributed by atoms with Crippen molar-refractivity contribution in [2.45, 2.75) is 43.1 Å². The Labute approximate surface area is 171 Å². The van der Waals surface area contributed by atoms with Gasteiger partial charge >= 0.3 is 0 Å². The zero-order chi connectivity index (χ0) is 19.6. The monoisotopic (exact) mass is 445 g/mol. The van der Waals surface area contributed by atoms with Crippen molar-refractivity contribution in [1.29, 1.82) is 0 Å². The van der Waals surface area contributed by atoms with Gasteiger partial charge in [-0.25, -0.2) is 13.4 Å². The summed E-state index contributed by atoms with van der Waals surface area (Å²) in [5.74, 6) is 0.559. The van der Waals surface area contributed by atoms with E-state index in [1.807, 2.05) is 26.8 Å². The van der Waals surface area contributed by atoms with Crippen molar-refractivity contribution in [3.63, 3.8) is 0 Å². The number of halogens is 1. The highest BCUT2D eigenvalue weighted by Crippen LogP contribution is 2.30. The van der Waals surface area contributed by atoms with Gasteiger partial charge in [0.05, 0.1) is 15.9 Å². The van der Waals surface area contributed by atoms with Crippen molar-refractivity contribution in [2.75, 3.05) is 13.1 Å². The maximum Gasteiger partial charge on any atom is 0.243 e. The average molecular weight is 446 g/mol. The molecule has 0 radical (unpaired) electrons. The molecule has 7 nitrogen and oxygen atoms in total. The van der Waals surface area contributed by atoms with Crippen molar-refractivity contribution in [3.8, 4) is 0 Å². The predicted molar refractivity (Wildman–Crippen MR) is 110 cm³/mol. The molecule has 146 valence electrons. The number of hydrogen-bond acceptors (Lipinski definition) is 7. The molecule has 0 aliphatic rings. The van der Waals surface area contributed by atoms with Gasteiger partial charge in [0.15, 0.2) is 5.16 Å². The van der Waals surface area contributed by atoms with E-state index in [1.165, 1.54) is 16.1 Å². The van der Waals surface area contributed by atoms with Gasteiger partial charge in [-0.05, 0) is 25.1 Å². The third kappa shape index (κ3) is 4.00. The molecule has 11 heteroatoms. The predicted octanol–water partition coefficient (Wildman–Crippen LogP) is 3.88. The number of rotatable bonds is 8. The number of sulfonamides is 1. The fourth-order valence-electron chi connectivity index (χ4n) is 2.79. The van der Waals surface area contributed by atoms with Crippen LogP contribution >= 0.6 is 34.9 Å². The Bertz CT molecular complexity index is 1040. The van der Waals surface area contributed by atoms with Gasteiger partial charge in [0.2, 0.25) is 10.0 Å². The van der Waals surface area contributed by atoms with Crippen LogP contribution in [0.5, 0.6) is 0 Å². The van der Waals surface area contributed by atoms with Crippen LogP contribution in [-0.2, 0) is 22.3 Å². The van der Waals surface area contributed by atoms with E-state index in [2.05, 4.69) is 19.1 Å². The summed E-state index contributed by atoms with van der Waals surface area (Å²) in [6, 6.07) is 5.12. The normalized spacial score (nSPS) is 12.3. The topological polar surface area (TPSA) is 81.0 Å². The molecule has 0 bridgehead atoms. The van der Waals surface area contributed by atoms with Crippen LogP contribution in [0.3, 0.4) is 0 Å². The quantitative estimate of drug-likeness (QED) is 0.489. The van der Waals surface area contributed by atoms with Crippen LogP contribution in [0.2, 0.25) is 4.34 Å². The number of fused-ring (bicyclic) bond motifs is 1. The lowest BCUT2D eigenvalue weighted by atomic mass is 10.3. The first-order valence-corrected chi connectivity index (χ1v) is 12.1. The molecule has 0 spiro atoms. The lowest BCUT2D eigenvalue weighted by Gasteiger charge is -2.18. The first-order chi connectivity index (χ1) is 12.9. The number of aromatic nitrogens is 4. The van der Waals surface area contributed by atoms with E-state index in [1.54, 1.807) is 12.1 Å². The van der Waals surface area contributed by atoms with Crippen LogP contribution in [-0.4, -0.2) is 45.0 Å². The Kier molecular flexibility index (Phi) is 6.42. The van der Waals surface area contributed by atoms with Gasteiger partial charge in [0.25, 0.3) is 0 Å². The molecule has 0 saturated carbocycles. The van der Waals surface area contributed by atoms with Crippen molar-refractivity contribution in [2.24, 2.45) is 0 Å². The lowest BCUT2D eigenvalue weighted by molar-refractivity contribution is 0.445. The van der Waals surface area contributed by atoms with Crippen LogP contribution < -0.4 is 0 Å². The molecule has 0 fully saturated rings. The Hall–Kier alpha value is -1.20. The molecule has 27 heavy (non-hydrogen) atoms. The number of nitrogens with zero attached hydrogens (tertiary/aromatic N) is 5. The molecule has 0 saturated heterocycles. The summed E-state index contributed by atoms with van der Waals surface area (Å²) in [6.45, 7) is 7.29. The lowest BCUT2D eigenvalue weighted by Crippen LogP contribution is -2.30. The first-order valence-electron chi connectivity index (χ1n) is 8.52. The highest BCUT2D eigenvalue weighted by molar-refractivity contribution is 7.98. The molecule has 3 aromatic rings. The Morgan fingerprint density at radius 1 is 1.26 bits per heavy atom. The SMILES string of the molecule is CCN(CC)S(=O)(=O)c1ccc2c(c1)nc(SCc1nnsc1Cl)n2CC. The van der Waals surface area contributed by atoms with Crippen molar-refractivity contribution in [1.82, 2.24) is 23.4 Å². The van der Waals surface area contributed by atoms with E-state index in [4.69, 9.17) is 11.6 Å². The van der Waals surface area contributed by atoms with E-state index in [0.717, 1.165) is 34.4 Å². The molecule has 0 atom stereocenters. The number of imidazole rings is 1. The van der Waals surface area contributed by atoms with Crippen molar-refractivity contribution < 1.29 is 8.42 Å². The standard InChI is InChI=1S/C16H20ClN5O2S3/c1-4-21(5-2)27(23,24)11-7-8-14-12(9-11)18-16(22(14)6-3)25-10-13-15(17)26-20-19-13/h7-9H,4-6,10H2,1-3H3. The second-order valence-corrected chi connectivity index (χ2v) is 9.90. The van der Waals surface area contributed by atoms with Gasteiger partial charge in [0, 0.05) is 36.9 Å². The van der Waals surface area contributed by atoms with Crippen LogP contribution in [0.1, 0.15) is 26.5 Å². The summed E-state index contributed by atoms with van der Waals surface area (Å²) in [6.07, 6.45) is 0. The summed E-state index contributed by atoms with van der Waals surface area (Å²) >= 11 is 8.74. The Morgan fingerprint density at radius 3 is 2.59 bits per heavy atom. The van der Waals surface area contributed by atoms with E-state index < -0.39 is 10.0 Å². The Morgan fingerprint density at radius 2 is 2.00 bits per heavy atom. The molecule has 0 aliphatic carbocycles. The van der Waals surface area contributed by atoms with Crippen LogP contribution in [0.4, 0.5) is 0 Å². The van der Waals surface area contributed by atoms with Gasteiger partial charge in [0.1, 0.15) is 10.0 Å². The highest BCUT2D eigenvalue weighted by Gasteiger charge is 2.23. The second-order valence-electron chi connectivity index (χ2n) is 5.66. The zero-order valence-corrected chi connectivity index (χ0v) is 18.4. The highest BCUT2D eigenvalue weighted by atomic mass is 35.5. The van der Waals surface area contributed by atoms with Crippen molar-refractivity contribution >= 4 is 56.0 Å². The smallest absolute Gasteiger partial charge is 0.243 e. The third-order valence-electron chi connectivity index (χ3n) is 4.19. The molecular weight excluding hydrogens is 426 g/mol. The minimum atomic E-state index is -3.51. The molecule has 3 rings (SSSR count). The summed E-state index contributed by atoms with van der Waals surface area (Å²) in [5, 5.41) is 4.82. The zero-order valence-electron chi connectivity index (χ0n) is 15.2. The maximum absolute atomic E-state index is 12.8. The van der Waals surface area contributed by atoms with E-state index in [9.17, 15) is 8.42 Å². The second kappa shape index (κ2) is 8.44. The average Bonchev–Trinajstić information content (AvgIpc) is 3.22. The summed E-state index contributed by atoms with van der Waals surface area (Å²) in [4.78, 5) is 4.92. The first kappa shape index (κ1) is 20.5. The fraction of sp³-hybridized carbons (Fsp3) is 0.438. The molecule has 0 aliphatic heterocycles. The summed E-state index contributed by atoms with van der Waals surface area (Å²) < 4.78 is 33.5. The van der Waals surface area contributed by atoms with E-state index in [-0.39, 0.29) is 4.90 Å². The molecule has 0 unspecified atom stereocenters. The number of hydrogen-bond donors (Lipinski definition) is 0. The van der Waals surface area contributed by atoms with Gasteiger partial charge < -0.3 is 4.57 Å². The molecule has 1 aromatic carbocycles. The molecule has 2 heterocycles. The van der Waals surface area contributed by atoms with Gasteiger partial charge in [-0.3, -0.25) is 0 Å². The third-order valence-corrected chi connectivity index (χ3v) is 8.21.